The van der Waals surface area contributed by atoms with Crippen LogP contribution in [0.3, 0.4) is 0 Å². The van der Waals surface area contributed by atoms with Gasteiger partial charge in [-0.25, -0.2) is 4.79 Å². The van der Waals surface area contributed by atoms with Crippen molar-refractivity contribution in [3.05, 3.63) is 16.5 Å². The van der Waals surface area contributed by atoms with Crippen LogP contribution in [0.4, 0.5) is 5.00 Å². The molecule has 0 saturated heterocycles. The van der Waals surface area contributed by atoms with E-state index in [2.05, 4.69) is 33.0 Å². The Labute approximate surface area is 137 Å². The molecule has 0 bridgehead atoms. The maximum atomic E-state index is 12.1. The van der Waals surface area contributed by atoms with E-state index in [1.807, 2.05) is 6.07 Å². The number of carbonyl (C=O) groups is 2. The third-order valence-corrected chi connectivity index (χ3v) is 4.51. The summed E-state index contributed by atoms with van der Waals surface area (Å²) in [4.78, 5) is 24.9. The predicted molar refractivity (Wildman–Crippen MR) is 91.7 cm³/mol. The van der Waals surface area contributed by atoms with Crippen molar-refractivity contribution in [1.82, 2.24) is 0 Å². The Hall–Kier alpha value is -1.36. The highest BCUT2D eigenvalue weighted by atomic mass is 32.1. The minimum atomic E-state index is -0.376. The van der Waals surface area contributed by atoms with Gasteiger partial charge in [-0.3, -0.25) is 4.79 Å². The fourth-order valence-corrected chi connectivity index (χ4v) is 3.45. The summed E-state index contributed by atoms with van der Waals surface area (Å²) in [5.41, 5.74) is 0.671. The highest BCUT2D eigenvalue weighted by Crippen LogP contribution is 2.38. The Balaban J connectivity index is 3.08. The first kappa shape index (κ1) is 18.7. The molecule has 5 heteroatoms. The molecule has 4 nitrogen and oxygen atoms in total. The summed E-state index contributed by atoms with van der Waals surface area (Å²) in [7, 11) is 0. The van der Waals surface area contributed by atoms with Gasteiger partial charge in [0.25, 0.3) is 0 Å². The topological polar surface area (TPSA) is 55.4 Å². The second-order valence-electron chi connectivity index (χ2n) is 6.68. The second-order valence-corrected chi connectivity index (χ2v) is 7.76. The first-order valence-electron chi connectivity index (χ1n) is 7.78. The van der Waals surface area contributed by atoms with Crippen LogP contribution < -0.4 is 5.32 Å². The Kier molecular flexibility index (Phi) is 6.60. The Morgan fingerprint density at radius 2 is 1.95 bits per heavy atom. The van der Waals surface area contributed by atoms with Crippen LogP contribution in [0, 0.1) is 5.41 Å². The molecule has 0 radical (unpaired) electrons. The lowest BCUT2D eigenvalue weighted by Gasteiger charge is -2.22. The molecule has 0 aromatic carbocycles. The number of carbonyl (C=O) groups excluding carboxylic acids is 2. The fraction of sp³-hybridized carbons (Fsp3) is 0.647. The van der Waals surface area contributed by atoms with Gasteiger partial charge in [0.1, 0.15) is 5.00 Å². The number of esters is 1. The van der Waals surface area contributed by atoms with Crippen LogP contribution in [0.5, 0.6) is 0 Å². The van der Waals surface area contributed by atoms with Gasteiger partial charge < -0.3 is 10.1 Å². The van der Waals surface area contributed by atoms with Gasteiger partial charge in [0, 0.05) is 11.3 Å². The molecule has 0 aliphatic rings. The van der Waals surface area contributed by atoms with E-state index in [0.29, 0.717) is 29.5 Å². The summed E-state index contributed by atoms with van der Waals surface area (Å²) >= 11 is 1.47. The molecule has 22 heavy (non-hydrogen) atoms. The summed E-state index contributed by atoms with van der Waals surface area (Å²) in [5.74, 6) is -0.146. The maximum Gasteiger partial charge on any atom is 0.341 e. The van der Waals surface area contributed by atoms with E-state index < -0.39 is 0 Å². The molecule has 1 rings (SSSR count). The van der Waals surface area contributed by atoms with E-state index >= 15 is 0 Å². The van der Waals surface area contributed by atoms with Crippen LogP contribution in [-0.2, 0) is 9.53 Å². The molecule has 1 aromatic rings. The van der Waals surface area contributed by atoms with E-state index in [1.54, 1.807) is 13.8 Å². The lowest BCUT2D eigenvalue weighted by molar-refractivity contribution is -0.115. The highest BCUT2D eigenvalue weighted by Gasteiger charge is 2.23. The molecule has 1 amide bonds. The SMILES string of the molecule is CCOC(=O)c1cc([C@@H](C)CC(C)(C)C)sc1NC(=O)CC. The maximum absolute atomic E-state index is 12.1. The summed E-state index contributed by atoms with van der Waals surface area (Å²) in [6, 6.07) is 1.87. The minimum Gasteiger partial charge on any atom is -0.462 e. The monoisotopic (exact) mass is 325 g/mol. The molecule has 1 aromatic heterocycles. The number of hydrogen-bond donors (Lipinski definition) is 1. The molecule has 0 fully saturated rings. The first-order chi connectivity index (χ1) is 10.2. The number of nitrogens with one attached hydrogen (secondary N) is 1. The van der Waals surface area contributed by atoms with Gasteiger partial charge in [0.05, 0.1) is 12.2 Å². The highest BCUT2D eigenvalue weighted by molar-refractivity contribution is 7.16. The summed E-state index contributed by atoms with van der Waals surface area (Å²) in [5, 5.41) is 3.41. The van der Waals surface area contributed by atoms with E-state index in [9.17, 15) is 9.59 Å². The van der Waals surface area contributed by atoms with Crippen molar-refractivity contribution in [2.75, 3.05) is 11.9 Å². The van der Waals surface area contributed by atoms with Crippen LogP contribution in [0.15, 0.2) is 6.07 Å². The lowest BCUT2D eigenvalue weighted by atomic mass is 9.85. The van der Waals surface area contributed by atoms with Crippen molar-refractivity contribution in [1.29, 1.82) is 0 Å². The van der Waals surface area contributed by atoms with Crippen LogP contribution in [0.25, 0.3) is 0 Å². The van der Waals surface area contributed by atoms with Gasteiger partial charge in [-0.1, -0.05) is 34.6 Å². The zero-order valence-electron chi connectivity index (χ0n) is 14.4. The zero-order chi connectivity index (χ0) is 16.9. The molecular formula is C17H27NO3S. The average Bonchev–Trinajstić information content (AvgIpc) is 2.81. The summed E-state index contributed by atoms with van der Waals surface area (Å²) in [6.07, 6.45) is 1.39. The minimum absolute atomic E-state index is 0.0950. The lowest BCUT2D eigenvalue weighted by Crippen LogP contribution is -2.12. The van der Waals surface area contributed by atoms with Crippen LogP contribution in [0.2, 0.25) is 0 Å². The molecule has 0 spiro atoms. The number of ether oxygens (including phenoxy) is 1. The number of hydrogen-bond acceptors (Lipinski definition) is 4. The van der Waals surface area contributed by atoms with E-state index in [4.69, 9.17) is 4.74 Å². The number of rotatable bonds is 6. The molecule has 124 valence electrons. The molecule has 0 unspecified atom stereocenters. The molecule has 1 atom stereocenters. The van der Waals surface area contributed by atoms with Gasteiger partial charge in [-0.2, -0.15) is 0 Å². The number of amides is 1. The zero-order valence-corrected chi connectivity index (χ0v) is 15.2. The molecule has 0 saturated carbocycles. The van der Waals surface area contributed by atoms with Crippen LogP contribution in [0.1, 0.15) is 75.5 Å². The summed E-state index contributed by atoms with van der Waals surface area (Å²) in [6.45, 7) is 12.6. The van der Waals surface area contributed by atoms with Crippen molar-refractivity contribution < 1.29 is 14.3 Å². The van der Waals surface area contributed by atoms with Crippen molar-refractivity contribution in [2.45, 2.75) is 60.3 Å². The van der Waals surface area contributed by atoms with Crippen LogP contribution >= 0.6 is 11.3 Å². The summed E-state index contributed by atoms with van der Waals surface area (Å²) < 4.78 is 5.09. The van der Waals surface area contributed by atoms with Gasteiger partial charge in [0.2, 0.25) is 5.91 Å². The molecule has 0 aliphatic heterocycles. The van der Waals surface area contributed by atoms with Gasteiger partial charge in [-0.15, -0.1) is 11.3 Å². The third-order valence-electron chi connectivity index (χ3n) is 3.22. The van der Waals surface area contributed by atoms with Gasteiger partial charge >= 0.3 is 5.97 Å². The van der Waals surface area contributed by atoms with E-state index in [0.717, 1.165) is 11.3 Å². The molecule has 0 aliphatic carbocycles. The van der Waals surface area contributed by atoms with Crippen molar-refractivity contribution in [2.24, 2.45) is 5.41 Å². The first-order valence-corrected chi connectivity index (χ1v) is 8.60. The Bertz CT molecular complexity index is 528. The molecule has 1 N–H and O–H groups in total. The fourth-order valence-electron chi connectivity index (χ4n) is 2.34. The smallest absolute Gasteiger partial charge is 0.341 e. The van der Waals surface area contributed by atoms with Crippen molar-refractivity contribution in [3.8, 4) is 0 Å². The number of thiophene rings is 1. The van der Waals surface area contributed by atoms with Crippen molar-refractivity contribution in [3.63, 3.8) is 0 Å². The van der Waals surface area contributed by atoms with E-state index in [-0.39, 0.29) is 17.3 Å². The van der Waals surface area contributed by atoms with Gasteiger partial charge in [0.15, 0.2) is 0 Å². The Morgan fingerprint density at radius 3 is 2.45 bits per heavy atom. The third kappa shape index (κ3) is 5.44. The Morgan fingerprint density at radius 1 is 1.32 bits per heavy atom. The quantitative estimate of drug-likeness (QED) is 0.763. The van der Waals surface area contributed by atoms with Gasteiger partial charge in [-0.05, 0) is 30.7 Å². The normalized spacial score (nSPS) is 12.8. The van der Waals surface area contributed by atoms with Crippen molar-refractivity contribution >= 4 is 28.2 Å². The molecule has 1 heterocycles. The van der Waals surface area contributed by atoms with Crippen LogP contribution in [-0.4, -0.2) is 18.5 Å². The predicted octanol–water partition coefficient (Wildman–Crippen LogP) is 4.81. The number of anilines is 1. The molecular weight excluding hydrogens is 298 g/mol. The average molecular weight is 325 g/mol. The second kappa shape index (κ2) is 7.77. The van der Waals surface area contributed by atoms with E-state index in [1.165, 1.54) is 11.3 Å². The largest absolute Gasteiger partial charge is 0.462 e. The standard InChI is InChI=1S/C17H27NO3S/c1-7-14(19)18-15-12(16(20)21-8-2)9-13(22-15)11(3)10-17(4,5)6/h9,11H,7-8,10H2,1-6H3,(H,18,19)/t11-/m0/s1.